The number of hydrogen-bond acceptors (Lipinski definition) is 7. The Morgan fingerprint density at radius 3 is 2.74 bits per heavy atom. The van der Waals surface area contributed by atoms with Gasteiger partial charge in [-0.15, -0.1) is 0 Å². The van der Waals surface area contributed by atoms with Gasteiger partial charge in [0.2, 0.25) is 0 Å². The van der Waals surface area contributed by atoms with Crippen molar-refractivity contribution in [1.29, 1.82) is 0 Å². The van der Waals surface area contributed by atoms with E-state index in [0.29, 0.717) is 62.4 Å². The Balaban J connectivity index is 1.41. The van der Waals surface area contributed by atoms with Crippen LogP contribution in [0.2, 0.25) is 0 Å². The average molecular weight is 487 g/mol. The van der Waals surface area contributed by atoms with Crippen molar-refractivity contribution in [2.24, 2.45) is 5.73 Å². The lowest BCUT2D eigenvalue weighted by atomic mass is 9.75. The molecule has 4 N–H and O–H groups in total. The number of aliphatic hydroxyl groups is 1. The standard InChI is InChI=1S/C25H34N4O6/c1-17-14-29(23(32)27-21(17)30)20-15-35-25(16-24(20,2)33)7-10-28(11-8-25)22(31)18-5-3-6-19(13-18)34-12-4-9-26/h3,5-6,13-14,20,33H,4,7-12,15-16,26H2,1-2H3,(H,27,30,32)/t20-,24-/m0/s1. The van der Waals surface area contributed by atoms with Crippen molar-refractivity contribution in [3.05, 3.63) is 62.4 Å². The topological polar surface area (TPSA) is 140 Å². The Kier molecular flexibility index (Phi) is 7.16. The Labute approximate surface area is 203 Å². The number of aromatic nitrogens is 2. The number of rotatable bonds is 6. The quantitative estimate of drug-likeness (QED) is 0.517. The number of nitrogens with one attached hydrogen (secondary N) is 1. The summed E-state index contributed by atoms with van der Waals surface area (Å²) in [6, 6.07) is 6.52. The zero-order valence-electron chi connectivity index (χ0n) is 20.3. The van der Waals surface area contributed by atoms with Crippen molar-refractivity contribution in [2.75, 3.05) is 32.8 Å². The van der Waals surface area contributed by atoms with Crippen LogP contribution in [0, 0.1) is 6.92 Å². The van der Waals surface area contributed by atoms with Crippen LogP contribution in [0.15, 0.2) is 40.1 Å². The molecule has 1 amide bonds. The van der Waals surface area contributed by atoms with Gasteiger partial charge in [-0.3, -0.25) is 19.1 Å². The second-order valence-electron chi connectivity index (χ2n) is 9.83. The van der Waals surface area contributed by atoms with Crippen LogP contribution in [0.1, 0.15) is 54.6 Å². The molecular weight excluding hydrogens is 452 g/mol. The van der Waals surface area contributed by atoms with Crippen LogP contribution < -0.4 is 21.7 Å². The van der Waals surface area contributed by atoms with Gasteiger partial charge in [0.05, 0.1) is 30.5 Å². The first kappa shape index (κ1) is 25.2. The smallest absolute Gasteiger partial charge is 0.328 e. The molecule has 10 nitrogen and oxygen atoms in total. The van der Waals surface area contributed by atoms with Crippen LogP contribution in [0.3, 0.4) is 0 Å². The van der Waals surface area contributed by atoms with Gasteiger partial charge in [0, 0.05) is 36.8 Å². The molecule has 1 aromatic carbocycles. The normalized spacial score (nSPS) is 23.9. The molecule has 1 aromatic heterocycles. The number of likely N-dealkylation sites (tertiary alicyclic amines) is 1. The summed E-state index contributed by atoms with van der Waals surface area (Å²) in [5, 5.41) is 11.3. The Morgan fingerprint density at radius 1 is 1.31 bits per heavy atom. The Bertz CT molecular complexity index is 1180. The molecule has 0 bridgehead atoms. The maximum atomic E-state index is 13.1. The minimum atomic E-state index is -1.23. The number of carbonyl (C=O) groups is 1. The lowest BCUT2D eigenvalue weighted by Crippen LogP contribution is -2.59. The summed E-state index contributed by atoms with van der Waals surface area (Å²) in [5.74, 6) is 0.572. The number of aryl methyl sites for hydroxylation is 1. The first-order valence-corrected chi connectivity index (χ1v) is 12.0. The first-order valence-electron chi connectivity index (χ1n) is 12.0. The number of nitrogens with two attached hydrogens (primary N) is 1. The van der Waals surface area contributed by atoms with E-state index in [9.17, 15) is 19.5 Å². The third-order valence-corrected chi connectivity index (χ3v) is 7.09. The van der Waals surface area contributed by atoms with E-state index in [1.165, 1.54) is 10.8 Å². The van der Waals surface area contributed by atoms with Gasteiger partial charge in [0.15, 0.2) is 0 Å². The predicted octanol–water partition coefficient (Wildman–Crippen LogP) is 0.960. The molecule has 2 fully saturated rings. The van der Waals surface area contributed by atoms with Crippen LogP contribution in [0.25, 0.3) is 0 Å². The van der Waals surface area contributed by atoms with E-state index in [1.54, 1.807) is 36.9 Å². The van der Waals surface area contributed by atoms with Gasteiger partial charge in [-0.05, 0) is 57.9 Å². The fraction of sp³-hybridized carbons (Fsp3) is 0.560. The van der Waals surface area contributed by atoms with Crippen LogP contribution in [0.5, 0.6) is 5.75 Å². The Morgan fingerprint density at radius 2 is 2.06 bits per heavy atom. The molecule has 0 radical (unpaired) electrons. The average Bonchev–Trinajstić information content (AvgIpc) is 2.82. The second kappa shape index (κ2) is 9.96. The summed E-state index contributed by atoms with van der Waals surface area (Å²) >= 11 is 0. The van der Waals surface area contributed by atoms with Gasteiger partial charge in [-0.25, -0.2) is 4.79 Å². The predicted molar refractivity (Wildman–Crippen MR) is 130 cm³/mol. The molecule has 3 heterocycles. The molecule has 35 heavy (non-hydrogen) atoms. The zero-order chi connectivity index (χ0) is 25.2. The summed E-state index contributed by atoms with van der Waals surface area (Å²) in [6.07, 6.45) is 3.69. The van der Waals surface area contributed by atoms with Crippen molar-refractivity contribution >= 4 is 5.91 Å². The molecule has 0 aliphatic carbocycles. The van der Waals surface area contributed by atoms with Crippen LogP contribution in [-0.2, 0) is 4.74 Å². The number of amides is 1. The zero-order valence-corrected chi connectivity index (χ0v) is 20.3. The Hall–Kier alpha value is -2.95. The molecule has 2 aromatic rings. The van der Waals surface area contributed by atoms with E-state index >= 15 is 0 Å². The van der Waals surface area contributed by atoms with E-state index in [-0.39, 0.29) is 12.5 Å². The van der Waals surface area contributed by atoms with Crippen molar-refractivity contribution in [1.82, 2.24) is 14.5 Å². The van der Waals surface area contributed by atoms with Gasteiger partial charge in [-0.2, -0.15) is 0 Å². The highest BCUT2D eigenvalue weighted by Crippen LogP contribution is 2.43. The number of ether oxygens (including phenoxy) is 2. The minimum Gasteiger partial charge on any atom is -0.494 e. The fourth-order valence-electron chi connectivity index (χ4n) is 5.07. The van der Waals surface area contributed by atoms with E-state index in [2.05, 4.69) is 4.98 Å². The molecule has 1 spiro atoms. The molecular formula is C25H34N4O6. The van der Waals surface area contributed by atoms with E-state index < -0.39 is 28.5 Å². The number of hydrogen-bond donors (Lipinski definition) is 3. The summed E-state index contributed by atoms with van der Waals surface area (Å²) in [4.78, 5) is 41.3. The SMILES string of the molecule is Cc1cn([C@H]2COC3(CCN(C(=O)c4cccc(OCCCN)c4)CC3)C[C@]2(C)O)c(=O)[nH]c1=O. The monoisotopic (exact) mass is 486 g/mol. The molecule has 2 saturated heterocycles. The van der Waals surface area contributed by atoms with Crippen molar-refractivity contribution in [2.45, 2.75) is 56.8 Å². The van der Waals surface area contributed by atoms with Crippen LogP contribution >= 0.6 is 0 Å². The van der Waals surface area contributed by atoms with Crippen molar-refractivity contribution < 1.29 is 19.4 Å². The third kappa shape index (κ3) is 5.34. The molecule has 0 saturated carbocycles. The number of nitrogens with zero attached hydrogens (tertiary/aromatic N) is 2. The number of H-pyrrole nitrogens is 1. The number of benzene rings is 1. The molecule has 10 heteroatoms. The first-order chi connectivity index (χ1) is 16.6. The van der Waals surface area contributed by atoms with Gasteiger partial charge in [0.25, 0.3) is 11.5 Å². The minimum absolute atomic E-state index is 0.0696. The molecule has 2 aliphatic heterocycles. The van der Waals surface area contributed by atoms with Crippen LogP contribution in [-0.4, -0.2) is 69.5 Å². The van der Waals surface area contributed by atoms with Gasteiger partial charge in [-0.1, -0.05) is 6.07 Å². The molecule has 0 unspecified atom stereocenters. The van der Waals surface area contributed by atoms with Gasteiger partial charge >= 0.3 is 5.69 Å². The van der Waals surface area contributed by atoms with Crippen LogP contribution in [0.4, 0.5) is 0 Å². The third-order valence-electron chi connectivity index (χ3n) is 7.09. The van der Waals surface area contributed by atoms with Crippen molar-refractivity contribution in [3.8, 4) is 5.75 Å². The molecule has 4 rings (SSSR count). The summed E-state index contributed by atoms with van der Waals surface area (Å²) < 4.78 is 13.3. The molecule has 2 atom stereocenters. The largest absolute Gasteiger partial charge is 0.494 e. The lowest BCUT2D eigenvalue weighted by Gasteiger charge is -2.51. The van der Waals surface area contributed by atoms with Gasteiger partial charge in [0.1, 0.15) is 5.75 Å². The molecule has 190 valence electrons. The number of aromatic amines is 1. The van der Waals surface area contributed by atoms with Crippen molar-refractivity contribution in [3.63, 3.8) is 0 Å². The highest BCUT2D eigenvalue weighted by atomic mass is 16.5. The maximum absolute atomic E-state index is 13.1. The molecule has 2 aliphatic rings. The van der Waals surface area contributed by atoms with E-state index in [1.807, 2.05) is 6.07 Å². The van der Waals surface area contributed by atoms with Gasteiger partial charge < -0.3 is 25.2 Å². The maximum Gasteiger partial charge on any atom is 0.328 e. The lowest BCUT2D eigenvalue weighted by molar-refractivity contribution is -0.195. The summed E-state index contributed by atoms with van der Waals surface area (Å²) in [7, 11) is 0. The number of piperidine rings is 1. The highest BCUT2D eigenvalue weighted by Gasteiger charge is 2.50. The highest BCUT2D eigenvalue weighted by molar-refractivity contribution is 5.94. The van der Waals surface area contributed by atoms with E-state index in [0.717, 1.165) is 6.42 Å². The summed E-state index contributed by atoms with van der Waals surface area (Å²) in [5.41, 5.74) is 3.64. The van der Waals surface area contributed by atoms with E-state index in [4.69, 9.17) is 15.2 Å². The fourth-order valence-corrected chi connectivity index (χ4v) is 5.07. The number of carbonyl (C=O) groups excluding carboxylic acids is 1. The second-order valence-corrected chi connectivity index (χ2v) is 9.83. The summed E-state index contributed by atoms with van der Waals surface area (Å²) in [6.45, 7) is 5.49.